The van der Waals surface area contributed by atoms with Crippen molar-refractivity contribution >= 4 is 17.9 Å². The highest BCUT2D eigenvalue weighted by Crippen LogP contribution is 2.15. The molecular weight excluding hydrogens is 839 g/mol. The van der Waals surface area contributed by atoms with E-state index in [1.807, 2.05) is 21.1 Å². The van der Waals surface area contributed by atoms with Crippen molar-refractivity contribution in [2.24, 2.45) is 0 Å². The fourth-order valence-corrected chi connectivity index (χ4v) is 7.46. The molecule has 388 valence electrons. The normalized spacial score (nSPS) is 13.3. The van der Waals surface area contributed by atoms with Crippen LogP contribution in [0.4, 0.5) is 0 Å². The molecule has 9 heteroatoms. The number of ether oxygens (including phenoxy) is 4. The van der Waals surface area contributed by atoms with Crippen LogP contribution >= 0.6 is 0 Å². The molecule has 0 heterocycles. The van der Waals surface area contributed by atoms with Gasteiger partial charge in [0.15, 0.2) is 12.4 Å². The van der Waals surface area contributed by atoms with Crippen molar-refractivity contribution in [1.82, 2.24) is 0 Å². The number of aliphatic carboxylic acids is 1. The van der Waals surface area contributed by atoms with Crippen molar-refractivity contribution in [3.05, 3.63) is 60.8 Å². The fourth-order valence-electron chi connectivity index (χ4n) is 7.46. The van der Waals surface area contributed by atoms with Crippen LogP contribution in [-0.2, 0) is 33.3 Å². The van der Waals surface area contributed by atoms with Crippen molar-refractivity contribution in [3.8, 4) is 0 Å². The molecule has 0 rings (SSSR count). The Morgan fingerprint density at radius 2 is 0.806 bits per heavy atom. The quantitative estimate of drug-likeness (QED) is 0.0195. The van der Waals surface area contributed by atoms with Crippen molar-refractivity contribution in [2.45, 2.75) is 245 Å². The average Bonchev–Trinajstić information content (AvgIpc) is 3.29. The van der Waals surface area contributed by atoms with E-state index in [2.05, 4.69) is 74.6 Å². The van der Waals surface area contributed by atoms with E-state index in [4.69, 9.17) is 18.9 Å². The van der Waals surface area contributed by atoms with Gasteiger partial charge in [0.2, 0.25) is 0 Å². The first-order chi connectivity index (χ1) is 32.6. The van der Waals surface area contributed by atoms with Gasteiger partial charge in [-0.1, -0.05) is 197 Å². The molecule has 0 aliphatic rings. The summed E-state index contributed by atoms with van der Waals surface area (Å²) in [5, 5.41) is 11.8. The minimum Gasteiger partial charge on any atom is -0.545 e. The van der Waals surface area contributed by atoms with E-state index < -0.39 is 24.3 Å². The van der Waals surface area contributed by atoms with Crippen molar-refractivity contribution in [2.75, 3.05) is 47.5 Å². The number of unbranched alkanes of at least 4 members (excludes halogenated alkanes) is 25. The number of carboxylic acid groups (broad SMARTS) is 1. The van der Waals surface area contributed by atoms with Gasteiger partial charge in [0.25, 0.3) is 0 Å². The number of carbonyl (C=O) groups excluding carboxylic acids is 3. The van der Waals surface area contributed by atoms with Crippen molar-refractivity contribution in [1.29, 1.82) is 0 Å². The summed E-state index contributed by atoms with van der Waals surface area (Å²) in [5.41, 5.74) is 0. The lowest BCUT2D eigenvalue weighted by molar-refractivity contribution is -0.870. The van der Waals surface area contributed by atoms with Gasteiger partial charge in [-0.05, 0) is 83.5 Å². The Hall–Kier alpha value is -3.01. The maximum Gasteiger partial charge on any atom is 0.306 e. The molecule has 67 heavy (non-hydrogen) atoms. The average molecular weight is 942 g/mol. The highest BCUT2D eigenvalue weighted by atomic mass is 16.7. The standard InChI is InChI=1S/C58H103NO8/c1-6-8-10-12-14-16-18-20-22-24-25-26-27-28-29-30-31-33-35-37-39-41-43-45-47-49-56(61)67-54(53-66-58(57(62)63)64-51-50-59(3,4)5)52-65-55(60)48-46-44-42-40-38-36-34-32-23-21-19-17-15-13-11-9-7-2/h15,17-18,20-21,23-25,27-28,54,58H,6-14,16,19,22,26,29-53H2,1-5H3/b17-15-,20-18-,23-21-,25-24-,28-27-. The Kier molecular flexibility index (Phi) is 47.2. The number of nitrogens with zero attached hydrogens (tertiary/aromatic N) is 1. The summed E-state index contributed by atoms with van der Waals surface area (Å²) in [7, 11) is 5.91. The number of allylic oxidation sites excluding steroid dienone is 10. The molecule has 0 saturated heterocycles. The summed E-state index contributed by atoms with van der Waals surface area (Å²) >= 11 is 0. The van der Waals surface area contributed by atoms with Crippen LogP contribution in [0.5, 0.6) is 0 Å². The molecule has 0 aromatic carbocycles. The Balaban J connectivity index is 4.30. The second-order valence-corrected chi connectivity index (χ2v) is 19.5. The van der Waals surface area contributed by atoms with Crippen LogP contribution in [0.25, 0.3) is 0 Å². The van der Waals surface area contributed by atoms with Crippen LogP contribution in [0.2, 0.25) is 0 Å². The SMILES string of the molecule is CCCCC/C=C\C/C=C\CCCCCCCCCC(=O)OCC(COC(OCC[N+](C)(C)C)C(=O)[O-])OC(=O)CCCCCCCCCCCC/C=C\C/C=C\C/C=C\CCCCCCC. The molecule has 0 aromatic rings. The number of carboxylic acids is 1. The Bertz CT molecular complexity index is 1280. The van der Waals surface area contributed by atoms with E-state index >= 15 is 0 Å². The van der Waals surface area contributed by atoms with Crippen LogP contribution in [0.15, 0.2) is 60.8 Å². The summed E-state index contributed by atoms with van der Waals surface area (Å²) in [6.07, 6.45) is 58.2. The molecule has 0 spiro atoms. The molecule has 0 radical (unpaired) electrons. The van der Waals surface area contributed by atoms with Gasteiger partial charge < -0.3 is 33.3 Å². The molecule has 0 amide bonds. The molecule has 2 unspecified atom stereocenters. The van der Waals surface area contributed by atoms with Gasteiger partial charge in [-0.25, -0.2) is 0 Å². The van der Waals surface area contributed by atoms with Crippen molar-refractivity contribution < 1.29 is 42.9 Å². The molecule has 0 N–H and O–H groups in total. The molecule has 0 aliphatic carbocycles. The first-order valence-corrected chi connectivity index (χ1v) is 27.4. The summed E-state index contributed by atoms with van der Waals surface area (Å²) in [6, 6.07) is 0. The highest BCUT2D eigenvalue weighted by molar-refractivity contribution is 5.70. The van der Waals surface area contributed by atoms with E-state index in [0.29, 0.717) is 17.4 Å². The van der Waals surface area contributed by atoms with E-state index in [0.717, 1.165) is 77.0 Å². The lowest BCUT2D eigenvalue weighted by Gasteiger charge is -2.26. The summed E-state index contributed by atoms with van der Waals surface area (Å²) in [4.78, 5) is 37.2. The maximum absolute atomic E-state index is 12.8. The Morgan fingerprint density at radius 1 is 0.448 bits per heavy atom. The maximum atomic E-state index is 12.8. The fraction of sp³-hybridized carbons (Fsp3) is 0.776. The molecule has 0 saturated carbocycles. The van der Waals surface area contributed by atoms with E-state index in [-0.39, 0.29) is 38.6 Å². The van der Waals surface area contributed by atoms with Gasteiger partial charge in [-0.2, -0.15) is 0 Å². The van der Waals surface area contributed by atoms with Gasteiger partial charge >= 0.3 is 11.9 Å². The summed E-state index contributed by atoms with van der Waals surface area (Å²) < 4.78 is 22.7. The zero-order valence-corrected chi connectivity index (χ0v) is 44.0. The third-order valence-electron chi connectivity index (χ3n) is 11.7. The molecule has 0 aromatic heterocycles. The predicted molar refractivity (Wildman–Crippen MR) is 278 cm³/mol. The van der Waals surface area contributed by atoms with Gasteiger partial charge in [-0.15, -0.1) is 0 Å². The summed E-state index contributed by atoms with van der Waals surface area (Å²) in [6.45, 7) is 4.70. The molecular formula is C58H103NO8. The third kappa shape index (κ3) is 50.7. The molecule has 0 aliphatic heterocycles. The lowest BCUT2D eigenvalue weighted by atomic mass is 10.0. The van der Waals surface area contributed by atoms with Gasteiger partial charge in [-0.3, -0.25) is 9.59 Å². The first-order valence-electron chi connectivity index (χ1n) is 27.4. The molecule has 0 bridgehead atoms. The van der Waals surface area contributed by atoms with Crippen LogP contribution in [-0.4, -0.2) is 82.3 Å². The smallest absolute Gasteiger partial charge is 0.306 e. The number of rotatable bonds is 50. The second kappa shape index (κ2) is 49.4. The third-order valence-corrected chi connectivity index (χ3v) is 11.7. The predicted octanol–water partition coefficient (Wildman–Crippen LogP) is 14.3. The first kappa shape index (κ1) is 64.0. The molecule has 9 nitrogen and oxygen atoms in total. The summed E-state index contributed by atoms with van der Waals surface area (Å²) in [5.74, 6) is -2.30. The number of hydrogen-bond acceptors (Lipinski definition) is 8. The van der Waals surface area contributed by atoms with Crippen LogP contribution in [0, 0.1) is 0 Å². The zero-order chi connectivity index (χ0) is 49.2. The topological polar surface area (TPSA) is 111 Å². The number of likely N-dealkylation sites (N-methyl/N-ethyl adjacent to an activating group) is 1. The van der Waals surface area contributed by atoms with E-state index in [1.54, 1.807) is 0 Å². The molecule has 2 atom stereocenters. The van der Waals surface area contributed by atoms with Gasteiger partial charge in [0.05, 0.1) is 40.3 Å². The Labute approximate surface area is 412 Å². The number of carbonyl (C=O) groups is 3. The number of quaternary nitrogens is 1. The highest BCUT2D eigenvalue weighted by Gasteiger charge is 2.22. The monoisotopic (exact) mass is 942 g/mol. The van der Waals surface area contributed by atoms with Crippen molar-refractivity contribution in [3.63, 3.8) is 0 Å². The minimum atomic E-state index is -1.63. The van der Waals surface area contributed by atoms with Crippen LogP contribution < -0.4 is 5.11 Å². The van der Waals surface area contributed by atoms with Gasteiger partial charge in [0, 0.05) is 12.8 Å². The number of esters is 2. The Morgan fingerprint density at radius 3 is 1.22 bits per heavy atom. The van der Waals surface area contributed by atoms with E-state index in [1.165, 1.54) is 122 Å². The number of hydrogen-bond donors (Lipinski definition) is 0. The van der Waals surface area contributed by atoms with Crippen LogP contribution in [0.3, 0.4) is 0 Å². The lowest BCUT2D eigenvalue weighted by Crippen LogP contribution is -2.44. The van der Waals surface area contributed by atoms with Gasteiger partial charge in [0.1, 0.15) is 13.2 Å². The van der Waals surface area contributed by atoms with E-state index in [9.17, 15) is 19.5 Å². The second-order valence-electron chi connectivity index (χ2n) is 19.5. The minimum absolute atomic E-state index is 0.144. The van der Waals surface area contributed by atoms with Crippen LogP contribution in [0.1, 0.15) is 232 Å². The molecule has 0 fully saturated rings. The largest absolute Gasteiger partial charge is 0.545 e. The zero-order valence-electron chi connectivity index (χ0n) is 44.0.